The molecule has 1 aromatic heterocycles. The summed E-state index contributed by atoms with van der Waals surface area (Å²) < 4.78 is 31.4. The molecule has 1 aliphatic carbocycles. The van der Waals surface area contributed by atoms with Crippen LogP contribution in [0.25, 0.3) is 0 Å². The average molecular weight is 370 g/mol. The van der Waals surface area contributed by atoms with Crippen molar-refractivity contribution in [2.75, 3.05) is 6.54 Å². The summed E-state index contributed by atoms with van der Waals surface area (Å²) in [5.41, 5.74) is -0.139. The van der Waals surface area contributed by atoms with E-state index in [1.54, 1.807) is 12.2 Å². The van der Waals surface area contributed by atoms with Crippen LogP contribution >= 0.6 is 0 Å². The number of aliphatic hydroxyl groups is 1. The van der Waals surface area contributed by atoms with Crippen LogP contribution < -0.4 is 0 Å². The molecule has 0 bridgehead atoms. The Labute approximate surface area is 148 Å². The number of hydrogen-bond donors (Lipinski definition) is 1. The van der Waals surface area contributed by atoms with Crippen molar-refractivity contribution in [3.63, 3.8) is 0 Å². The fourth-order valence-electron chi connectivity index (χ4n) is 2.96. The first-order valence-corrected chi connectivity index (χ1v) is 8.37. The number of aliphatic hydroxyl groups excluding tert-OH is 1. The van der Waals surface area contributed by atoms with Gasteiger partial charge in [0.25, 0.3) is 5.91 Å². The lowest BCUT2D eigenvalue weighted by Crippen LogP contribution is -2.47. The molecule has 0 saturated heterocycles. The summed E-state index contributed by atoms with van der Waals surface area (Å²) in [4.78, 5) is 18.3. The van der Waals surface area contributed by atoms with Gasteiger partial charge in [-0.25, -0.2) is 18.4 Å². The lowest BCUT2D eigenvalue weighted by atomic mass is 9.86. The minimum absolute atomic E-state index is 0.00621. The third-order valence-electron chi connectivity index (χ3n) is 4.42. The van der Waals surface area contributed by atoms with Gasteiger partial charge >= 0.3 is 0 Å². The van der Waals surface area contributed by atoms with Gasteiger partial charge < -0.3 is 9.94 Å². The van der Waals surface area contributed by atoms with Gasteiger partial charge in [0.15, 0.2) is 5.69 Å². The van der Waals surface area contributed by atoms with Gasteiger partial charge in [-0.05, 0) is 43.0 Å². The zero-order chi connectivity index (χ0) is 18.7. The molecule has 1 aromatic rings. The maximum Gasteiger partial charge on any atom is 0.299 e. The van der Waals surface area contributed by atoms with E-state index in [1.165, 1.54) is 29.6 Å². The lowest BCUT2D eigenvalue weighted by Gasteiger charge is -2.36. The molecule has 2 aliphatic rings. The number of carbonyl (C=O) groups is 1. The molecule has 142 valence electrons. The summed E-state index contributed by atoms with van der Waals surface area (Å²) in [7, 11) is 0. The number of hydroxylamine groups is 1. The molecular formula is C16H20F2N4O4. The predicted octanol–water partition coefficient (Wildman–Crippen LogP) is 2.58. The molecule has 2 heterocycles. The van der Waals surface area contributed by atoms with Crippen LogP contribution in [0.15, 0.2) is 29.2 Å². The van der Waals surface area contributed by atoms with Crippen LogP contribution in [0.4, 0.5) is 8.78 Å². The second kappa shape index (κ2) is 7.40. The number of carbonyl (C=O) groups excluding carboxylic acids is 1. The van der Waals surface area contributed by atoms with Gasteiger partial charge in [0.1, 0.15) is 12.0 Å². The van der Waals surface area contributed by atoms with Gasteiger partial charge in [0.05, 0.1) is 12.3 Å². The van der Waals surface area contributed by atoms with Crippen molar-refractivity contribution in [1.29, 1.82) is 0 Å². The van der Waals surface area contributed by atoms with E-state index < -0.39 is 17.9 Å². The Morgan fingerprint density at radius 2 is 2.15 bits per heavy atom. The van der Waals surface area contributed by atoms with E-state index in [-0.39, 0.29) is 36.7 Å². The third-order valence-corrected chi connectivity index (χ3v) is 4.42. The molecule has 1 amide bonds. The number of aromatic nitrogens is 2. The van der Waals surface area contributed by atoms with Gasteiger partial charge in [-0.15, -0.1) is 5.17 Å². The van der Waals surface area contributed by atoms with E-state index >= 15 is 0 Å². The zero-order valence-corrected chi connectivity index (χ0v) is 14.2. The standard InChI is InChI=1S/C16H20F2N4O4/c1-11(23)13-14(20-26-19-13)15(24)21(22-8-2-3-9-25-22)10-12-4-6-16(17,18)7-5-12/h2-3,8-9,11-12,23H,4-7,10H2,1H3. The highest BCUT2D eigenvalue weighted by Gasteiger charge is 2.38. The van der Waals surface area contributed by atoms with Crippen molar-refractivity contribution in [3.05, 3.63) is 36.0 Å². The zero-order valence-electron chi connectivity index (χ0n) is 14.2. The summed E-state index contributed by atoms with van der Waals surface area (Å²) in [6.07, 6.45) is 5.33. The number of halogens is 2. The van der Waals surface area contributed by atoms with Crippen LogP contribution in [0, 0.1) is 5.92 Å². The monoisotopic (exact) mass is 370 g/mol. The number of nitrogens with zero attached hydrogens (tertiary/aromatic N) is 4. The maximum absolute atomic E-state index is 13.4. The molecule has 3 rings (SSSR count). The van der Waals surface area contributed by atoms with E-state index in [4.69, 9.17) is 4.84 Å². The Kier molecular flexibility index (Phi) is 5.21. The largest absolute Gasteiger partial charge is 0.387 e. The van der Waals surface area contributed by atoms with Crippen molar-refractivity contribution < 1.29 is 28.1 Å². The molecule has 8 nitrogen and oxygen atoms in total. The number of hydrogen-bond acceptors (Lipinski definition) is 7. The van der Waals surface area contributed by atoms with Crippen LogP contribution in [0.1, 0.15) is 54.9 Å². The van der Waals surface area contributed by atoms with E-state index in [9.17, 15) is 18.7 Å². The van der Waals surface area contributed by atoms with E-state index in [0.717, 1.165) is 0 Å². The Morgan fingerprint density at radius 3 is 2.77 bits per heavy atom. The van der Waals surface area contributed by atoms with Gasteiger partial charge in [0.2, 0.25) is 5.92 Å². The first-order chi connectivity index (χ1) is 12.4. The quantitative estimate of drug-likeness (QED) is 0.852. The maximum atomic E-state index is 13.4. The van der Waals surface area contributed by atoms with Crippen molar-refractivity contribution >= 4 is 5.91 Å². The molecule has 1 fully saturated rings. The van der Waals surface area contributed by atoms with Crippen LogP contribution in [0.3, 0.4) is 0 Å². The molecular weight excluding hydrogens is 350 g/mol. The van der Waals surface area contributed by atoms with Crippen molar-refractivity contribution in [1.82, 2.24) is 20.5 Å². The van der Waals surface area contributed by atoms with Gasteiger partial charge in [-0.1, -0.05) is 5.16 Å². The number of hydrazine groups is 1. The van der Waals surface area contributed by atoms with Crippen molar-refractivity contribution in [3.8, 4) is 0 Å². The molecule has 26 heavy (non-hydrogen) atoms. The smallest absolute Gasteiger partial charge is 0.299 e. The van der Waals surface area contributed by atoms with Crippen LogP contribution in [0.2, 0.25) is 0 Å². The van der Waals surface area contributed by atoms with Gasteiger partial charge in [-0.3, -0.25) is 4.79 Å². The second-order valence-corrected chi connectivity index (χ2v) is 6.44. The van der Waals surface area contributed by atoms with Gasteiger partial charge in [-0.2, -0.15) is 0 Å². The van der Waals surface area contributed by atoms with E-state index in [0.29, 0.717) is 12.8 Å². The molecule has 1 saturated carbocycles. The van der Waals surface area contributed by atoms with Crippen molar-refractivity contribution in [2.45, 2.75) is 44.6 Å². The average Bonchev–Trinajstić information content (AvgIpc) is 3.11. The third kappa shape index (κ3) is 4.01. The highest BCUT2D eigenvalue weighted by atomic mass is 19.3. The summed E-state index contributed by atoms with van der Waals surface area (Å²) in [6, 6.07) is 0. The molecule has 0 aromatic carbocycles. The lowest BCUT2D eigenvalue weighted by molar-refractivity contribution is -0.196. The molecule has 1 aliphatic heterocycles. The minimum atomic E-state index is -2.65. The van der Waals surface area contributed by atoms with E-state index in [2.05, 4.69) is 14.9 Å². The highest BCUT2D eigenvalue weighted by molar-refractivity contribution is 5.93. The number of allylic oxidation sites excluding steroid dienone is 2. The first kappa shape index (κ1) is 18.3. The first-order valence-electron chi connectivity index (χ1n) is 8.37. The summed E-state index contributed by atoms with van der Waals surface area (Å²) >= 11 is 0. The Bertz CT molecular complexity index is 694. The summed E-state index contributed by atoms with van der Waals surface area (Å²) in [5.74, 6) is -3.36. The fraction of sp³-hybridized carbons (Fsp3) is 0.562. The normalized spacial score (nSPS) is 20.7. The minimum Gasteiger partial charge on any atom is -0.387 e. The summed E-state index contributed by atoms with van der Waals surface area (Å²) in [5, 5.41) is 19.3. The number of alkyl halides is 2. The van der Waals surface area contributed by atoms with E-state index in [1.807, 2.05) is 0 Å². The molecule has 0 spiro atoms. The molecule has 1 unspecified atom stereocenters. The SMILES string of the molecule is CC(O)c1nonc1C(=O)N(CC1CCC(F)(F)CC1)N1C=CC=CO1. The van der Waals surface area contributed by atoms with Crippen molar-refractivity contribution in [2.24, 2.45) is 5.92 Å². The Morgan fingerprint density at radius 1 is 1.42 bits per heavy atom. The molecule has 10 heteroatoms. The van der Waals surface area contributed by atoms with Crippen LogP contribution in [-0.4, -0.2) is 44.0 Å². The fourth-order valence-corrected chi connectivity index (χ4v) is 2.96. The summed E-state index contributed by atoms with van der Waals surface area (Å²) in [6.45, 7) is 1.60. The molecule has 0 radical (unpaired) electrons. The van der Waals surface area contributed by atoms with Crippen LogP contribution in [0.5, 0.6) is 0 Å². The van der Waals surface area contributed by atoms with Gasteiger partial charge in [0, 0.05) is 19.4 Å². The predicted molar refractivity (Wildman–Crippen MR) is 84.1 cm³/mol. The number of rotatable bonds is 5. The number of amides is 1. The van der Waals surface area contributed by atoms with Crippen LogP contribution in [-0.2, 0) is 4.84 Å². The second-order valence-electron chi connectivity index (χ2n) is 6.44. The highest BCUT2D eigenvalue weighted by Crippen LogP contribution is 2.36. The topological polar surface area (TPSA) is 91.9 Å². The molecule has 1 atom stereocenters. The molecule has 1 N–H and O–H groups in total. The Balaban J connectivity index is 1.79. The Hall–Kier alpha value is -2.49.